The lowest BCUT2D eigenvalue weighted by Crippen LogP contribution is -2.21. The van der Waals surface area contributed by atoms with Crippen LogP contribution in [0.4, 0.5) is 22.7 Å². The Morgan fingerprint density at radius 2 is 1.64 bits per heavy atom. The number of methoxy groups -OCH3 is 1. The Hall–Kier alpha value is -4.86. The van der Waals surface area contributed by atoms with Gasteiger partial charge in [0.2, 0.25) is 0 Å². The molecule has 0 bridgehead atoms. The van der Waals surface area contributed by atoms with Gasteiger partial charge in [-0.25, -0.2) is 0 Å². The molecule has 0 atom stereocenters. The number of para-hydroxylation sites is 1. The number of hydrogen-bond donors (Lipinski definition) is 2. The van der Waals surface area contributed by atoms with Crippen molar-refractivity contribution < 1.29 is 14.6 Å². The highest BCUT2D eigenvalue weighted by atomic mass is 16.5. The number of hydrogen-bond acceptors (Lipinski definition) is 8. The van der Waals surface area contributed by atoms with Gasteiger partial charge in [-0.2, -0.15) is 10.2 Å². The molecule has 3 aromatic carbocycles. The molecular formula is C26H24N6O4. The van der Waals surface area contributed by atoms with Gasteiger partial charge in [-0.1, -0.05) is 12.1 Å². The number of H-pyrrole nitrogens is 1. The summed E-state index contributed by atoms with van der Waals surface area (Å²) in [6.45, 7) is 1.83. The molecule has 0 aliphatic heterocycles. The summed E-state index contributed by atoms with van der Waals surface area (Å²) in [5, 5.41) is 27.7. The van der Waals surface area contributed by atoms with Gasteiger partial charge >= 0.3 is 0 Å². The van der Waals surface area contributed by atoms with Gasteiger partial charge in [0.15, 0.2) is 11.4 Å². The zero-order chi connectivity index (χ0) is 25.8. The second-order valence-corrected chi connectivity index (χ2v) is 8.15. The highest BCUT2D eigenvalue weighted by molar-refractivity contribution is 5.94. The highest BCUT2D eigenvalue weighted by Gasteiger charge is 2.13. The fraction of sp³-hybridized carbons (Fsp3) is 0.154. The van der Waals surface area contributed by atoms with Crippen LogP contribution in [0.25, 0.3) is 10.9 Å². The summed E-state index contributed by atoms with van der Waals surface area (Å²) in [7, 11) is 4.86. The van der Waals surface area contributed by atoms with Crippen LogP contribution >= 0.6 is 0 Å². The SMILES string of the molecule is COc1cc(N=Nc2ccc(C(=O)N(C)C)cc2)c(C)cc1N=Nc1c(O)c2ccccc2[nH]c1=O. The standard InChI is InChI=1S/C26H24N6O4/c1-15-13-21(30-31-23-24(33)18-7-5-6-8-19(18)27-25(23)34)22(36-4)14-20(15)29-28-17-11-9-16(10-12-17)26(35)32(2)3/h5-14H,1-4H3,(H2,27,33,34). The van der Waals surface area contributed by atoms with E-state index >= 15 is 0 Å². The molecule has 0 saturated heterocycles. The molecule has 0 spiro atoms. The molecule has 4 aromatic rings. The van der Waals surface area contributed by atoms with E-state index in [0.717, 1.165) is 5.56 Å². The fourth-order valence-corrected chi connectivity index (χ4v) is 3.46. The van der Waals surface area contributed by atoms with Gasteiger partial charge in [0.05, 0.1) is 24.0 Å². The average Bonchev–Trinajstić information content (AvgIpc) is 2.87. The molecule has 0 radical (unpaired) electrons. The Kier molecular flexibility index (Phi) is 6.86. The van der Waals surface area contributed by atoms with Crippen molar-refractivity contribution in [2.75, 3.05) is 21.2 Å². The molecule has 10 heteroatoms. The van der Waals surface area contributed by atoms with E-state index in [0.29, 0.717) is 39.3 Å². The van der Waals surface area contributed by atoms with E-state index in [2.05, 4.69) is 25.4 Å². The smallest absolute Gasteiger partial charge is 0.280 e. The number of aryl methyl sites for hydroxylation is 1. The number of pyridine rings is 1. The van der Waals surface area contributed by atoms with Crippen LogP contribution in [0.2, 0.25) is 0 Å². The molecule has 1 heterocycles. The number of aromatic nitrogens is 1. The number of carbonyl (C=O) groups excluding carboxylic acids is 1. The van der Waals surface area contributed by atoms with Crippen LogP contribution < -0.4 is 10.3 Å². The first-order valence-corrected chi connectivity index (χ1v) is 11.0. The van der Waals surface area contributed by atoms with Crippen LogP contribution in [0.5, 0.6) is 11.5 Å². The monoisotopic (exact) mass is 484 g/mol. The Bertz CT molecular complexity index is 1560. The lowest BCUT2D eigenvalue weighted by Gasteiger charge is -2.09. The lowest BCUT2D eigenvalue weighted by molar-refractivity contribution is 0.0827. The van der Waals surface area contributed by atoms with Crippen LogP contribution in [0.15, 0.2) is 85.9 Å². The van der Waals surface area contributed by atoms with Crippen molar-refractivity contribution in [3.05, 3.63) is 82.1 Å². The maximum atomic E-state index is 12.4. The number of ether oxygens (including phenoxy) is 1. The Labute approximate surface area is 206 Å². The average molecular weight is 485 g/mol. The molecule has 182 valence electrons. The van der Waals surface area contributed by atoms with Crippen LogP contribution in [0.1, 0.15) is 15.9 Å². The van der Waals surface area contributed by atoms with Crippen molar-refractivity contribution in [2.24, 2.45) is 20.5 Å². The van der Waals surface area contributed by atoms with Gasteiger partial charge in [0.1, 0.15) is 11.4 Å². The van der Waals surface area contributed by atoms with E-state index in [1.165, 1.54) is 12.0 Å². The number of aromatic amines is 1. The van der Waals surface area contributed by atoms with Crippen molar-refractivity contribution in [3.8, 4) is 11.5 Å². The zero-order valence-corrected chi connectivity index (χ0v) is 20.2. The Balaban J connectivity index is 1.61. The number of fused-ring (bicyclic) bond motifs is 1. The number of aromatic hydroxyl groups is 1. The van der Waals surface area contributed by atoms with Crippen LogP contribution in [0, 0.1) is 6.92 Å². The van der Waals surface area contributed by atoms with E-state index in [1.54, 1.807) is 74.8 Å². The molecule has 1 aromatic heterocycles. The molecule has 0 aliphatic carbocycles. The van der Waals surface area contributed by atoms with Crippen molar-refractivity contribution in [1.82, 2.24) is 9.88 Å². The number of rotatable bonds is 6. The molecular weight excluding hydrogens is 460 g/mol. The molecule has 1 amide bonds. The molecule has 36 heavy (non-hydrogen) atoms. The normalized spacial score (nSPS) is 11.4. The fourth-order valence-electron chi connectivity index (χ4n) is 3.46. The Morgan fingerprint density at radius 1 is 0.944 bits per heavy atom. The van der Waals surface area contributed by atoms with Crippen LogP contribution in [-0.2, 0) is 0 Å². The number of carbonyl (C=O) groups is 1. The number of azo groups is 2. The minimum atomic E-state index is -0.561. The van der Waals surface area contributed by atoms with E-state index in [4.69, 9.17) is 4.74 Å². The first kappa shape index (κ1) is 24.3. The first-order valence-electron chi connectivity index (χ1n) is 11.0. The van der Waals surface area contributed by atoms with Gasteiger partial charge in [-0.3, -0.25) is 9.59 Å². The van der Waals surface area contributed by atoms with E-state index < -0.39 is 5.56 Å². The maximum absolute atomic E-state index is 12.4. The van der Waals surface area contributed by atoms with Crippen molar-refractivity contribution >= 4 is 39.6 Å². The van der Waals surface area contributed by atoms with Gasteiger partial charge in [-0.05, 0) is 55.0 Å². The van der Waals surface area contributed by atoms with Crippen molar-refractivity contribution in [3.63, 3.8) is 0 Å². The van der Waals surface area contributed by atoms with Gasteiger partial charge in [0.25, 0.3) is 11.5 Å². The minimum absolute atomic E-state index is 0.0946. The number of nitrogens with one attached hydrogen (secondary N) is 1. The first-order chi connectivity index (χ1) is 17.3. The van der Waals surface area contributed by atoms with Crippen molar-refractivity contribution in [2.45, 2.75) is 6.92 Å². The topological polar surface area (TPSA) is 132 Å². The summed E-state index contributed by atoms with van der Waals surface area (Å²) in [6, 6.07) is 17.0. The quantitative estimate of drug-likeness (QED) is 0.321. The minimum Gasteiger partial charge on any atom is -0.505 e. The van der Waals surface area contributed by atoms with E-state index in [9.17, 15) is 14.7 Å². The zero-order valence-electron chi connectivity index (χ0n) is 20.2. The largest absolute Gasteiger partial charge is 0.505 e. The third-order valence-corrected chi connectivity index (χ3v) is 5.42. The second kappa shape index (κ2) is 10.2. The van der Waals surface area contributed by atoms with Gasteiger partial charge in [-0.15, -0.1) is 10.2 Å². The van der Waals surface area contributed by atoms with E-state index in [1.807, 2.05) is 6.92 Å². The third kappa shape index (κ3) is 4.97. The van der Waals surface area contributed by atoms with Crippen molar-refractivity contribution in [1.29, 1.82) is 0 Å². The maximum Gasteiger partial charge on any atom is 0.280 e. The summed E-state index contributed by atoms with van der Waals surface area (Å²) in [6.07, 6.45) is 0. The Morgan fingerprint density at radius 3 is 2.33 bits per heavy atom. The molecule has 2 N–H and O–H groups in total. The number of nitrogens with zero attached hydrogens (tertiary/aromatic N) is 5. The number of benzene rings is 3. The predicted octanol–water partition coefficient (Wildman–Crippen LogP) is 6.08. The van der Waals surface area contributed by atoms with Gasteiger partial charge in [0, 0.05) is 31.1 Å². The molecule has 0 saturated carbocycles. The highest BCUT2D eigenvalue weighted by Crippen LogP contribution is 2.37. The summed E-state index contributed by atoms with van der Waals surface area (Å²) < 4.78 is 5.43. The van der Waals surface area contributed by atoms with Crippen LogP contribution in [-0.4, -0.2) is 42.1 Å². The summed E-state index contributed by atoms with van der Waals surface area (Å²) in [5.74, 6) is 0.0160. The second-order valence-electron chi connectivity index (χ2n) is 8.15. The molecule has 0 fully saturated rings. The lowest BCUT2D eigenvalue weighted by atomic mass is 10.1. The van der Waals surface area contributed by atoms with Gasteiger partial charge < -0.3 is 19.7 Å². The predicted molar refractivity (Wildman–Crippen MR) is 137 cm³/mol. The summed E-state index contributed by atoms with van der Waals surface area (Å²) >= 11 is 0. The molecule has 4 rings (SSSR count). The third-order valence-electron chi connectivity index (χ3n) is 5.42. The van der Waals surface area contributed by atoms with E-state index in [-0.39, 0.29) is 17.3 Å². The van der Waals surface area contributed by atoms with Crippen LogP contribution in [0.3, 0.4) is 0 Å². The summed E-state index contributed by atoms with van der Waals surface area (Å²) in [4.78, 5) is 28.6. The molecule has 0 unspecified atom stereocenters. The molecule has 0 aliphatic rings. The molecule has 10 nitrogen and oxygen atoms in total. The number of amides is 1. The summed E-state index contributed by atoms with van der Waals surface area (Å²) in [5.41, 5.74) is 2.52.